The zero-order valence-corrected chi connectivity index (χ0v) is 10.9. The topological polar surface area (TPSA) is 78.1 Å². The third-order valence-electron chi connectivity index (χ3n) is 2.28. The Balaban J connectivity index is 2.91. The molecular weight excluding hydrogens is 230 g/mol. The molecule has 0 amide bonds. The molecule has 0 radical (unpaired) electrons. The lowest BCUT2D eigenvalue weighted by Crippen LogP contribution is -2.15. The van der Waals surface area contributed by atoms with Crippen molar-refractivity contribution in [3.05, 3.63) is 23.3 Å². The maximum Gasteiger partial charge on any atom is 0.341 e. The Morgan fingerprint density at radius 2 is 2.28 bits per heavy atom. The van der Waals surface area contributed by atoms with Gasteiger partial charge in [-0.1, -0.05) is 12.8 Å². The fourth-order valence-corrected chi connectivity index (χ4v) is 1.20. The number of aromatic nitrogens is 2. The molecule has 0 bridgehead atoms. The first-order valence-electron chi connectivity index (χ1n) is 5.86. The summed E-state index contributed by atoms with van der Waals surface area (Å²) in [6.07, 6.45) is 2.20. The molecule has 0 saturated carbocycles. The van der Waals surface area contributed by atoms with Gasteiger partial charge < -0.3 is 10.5 Å². The van der Waals surface area contributed by atoms with Crippen molar-refractivity contribution in [2.45, 2.75) is 33.2 Å². The highest BCUT2D eigenvalue weighted by atomic mass is 16.5. The number of ether oxygens (including phenoxy) is 1. The van der Waals surface area contributed by atoms with Gasteiger partial charge in [-0.2, -0.15) is 0 Å². The second-order valence-electron chi connectivity index (χ2n) is 3.70. The average Bonchev–Trinajstić information content (AvgIpc) is 2.36. The highest BCUT2D eigenvalue weighted by Gasteiger charge is 2.11. The molecule has 96 valence electrons. The fourth-order valence-electron chi connectivity index (χ4n) is 1.20. The van der Waals surface area contributed by atoms with Crippen LogP contribution in [0.15, 0.2) is 6.20 Å². The lowest BCUT2D eigenvalue weighted by molar-refractivity contribution is 0.0524. The van der Waals surface area contributed by atoms with Gasteiger partial charge in [0, 0.05) is 6.20 Å². The molecule has 2 N–H and O–H groups in total. The van der Waals surface area contributed by atoms with Crippen LogP contribution in [0.4, 0.5) is 0 Å². The van der Waals surface area contributed by atoms with Crippen molar-refractivity contribution in [1.82, 2.24) is 9.97 Å². The van der Waals surface area contributed by atoms with Crippen LogP contribution in [-0.4, -0.2) is 28.6 Å². The summed E-state index contributed by atoms with van der Waals surface area (Å²) in [7, 11) is 0. The van der Waals surface area contributed by atoms with E-state index in [-0.39, 0.29) is 6.04 Å². The van der Waals surface area contributed by atoms with Crippen molar-refractivity contribution in [2.24, 2.45) is 5.73 Å². The van der Waals surface area contributed by atoms with E-state index >= 15 is 0 Å². The van der Waals surface area contributed by atoms with Crippen LogP contribution in [0.2, 0.25) is 0 Å². The minimum atomic E-state index is -0.417. The normalized spacial score (nSPS) is 11.3. The lowest BCUT2D eigenvalue weighted by Gasteiger charge is -2.04. The minimum absolute atomic E-state index is 0.182. The highest BCUT2D eigenvalue weighted by Crippen LogP contribution is 2.05. The van der Waals surface area contributed by atoms with Crippen molar-refractivity contribution in [1.29, 1.82) is 0 Å². The van der Waals surface area contributed by atoms with Crippen LogP contribution in [-0.2, 0) is 4.74 Å². The molecule has 0 aliphatic carbocycles. The summed E-state index contributed by atoms with van der Waals surface area (Å²) in [5.41, 5.74) is 6.59. The number of carbonyl (C=O) groups is 1. The number of nitrogens with two attached hydrogens (primary N) is 1. The molecular formula is C13H17N3O2. The summed E-state index contributed by atoms with van der Waals surface area (Å²) in [6.45, 7) is 5.75. The Labute approximate surface area is 107 Å². The predicted octanol–water partition coefficient (Wildman–Crippen LogP) is 1.05. The summed E-state index contributed by atoms with van der Waals surface area (Å²) in [5, 5.41) is 0. The molecule has 1 heterocycles. The lowest BCUT2D eigenvalue weighted by atomic mass is 10.2. The van der Waals surface area contributed by atoms with E-state index in [9.17, 15) is 4.79 Å². The van der Waals surface area contributed by atoms with Crippen molar-refractivity contribution < 1.29 is 9.53 Å². The molecule has 0 spiro atoms. The quantitative estimate of drug-likeness (QED) is 0.638. The standard InChI is InChI=1S/C13H17N3O2/c1-4-10(14)6-7-12-15-8-11(9(3)16-12)13(17)18-5-2/h8,10H,4-5,14H2,1-3H3. The van der Waals surface area contributed by atoms with Gasteiger partial charge in [-0.25, -0.2) is 14.8 Å². The van der Waals surface area contributed by atoms with Crippen LogP contribution in [0.25, 0.3) is 0 Å². The summed E-state index contributed by atoms with van der Waals surface area (Å²) < 4.78 is 4.89. The Kier molecular flexibility index (Phi) is 5.28. The zero-order valence-electron chi connectivity index (χ0n) is 10.9. The SMILES string of the molecule is CCOC(=O)c1cnc(C#CC(N)CC)nc1C. The second kappa shape index (κ2) is 6.72. The number of rotatable bonds is 3. The van der Waals surface area contributed by atoms with Gasteiger partial charge in [0.2, 0.25) is 5.82 Å². The second-order valence-corrected chi connectivity index (χ2v) is 3.70. The molecule has 5 heteroatoms. The monoisotopic (exact) mass is 247 g/mol. The van der Waals surface area contributed by atoms with Gasteiger partial charge in [-0.15, -0.1) is 0 Å². The van der Waals surface area contributed by atoms with Crippen LogP contribution in [0, 0.1) is 18.8 Å². The first-order valence-corrected chi connectivity index (χ1v) is 5.86. The highest BCUT2D eigenvalue weighted by molar-refractivity contribution is 5.90. The maximum atomic E-state index is 11.5. The number of esters is 1. The summed E-state index contributed by atoms with van der Waals surface area (Å²) in [4.78, 5) is 19.7. The van der Waals surface area contributed by atoms with Gasteiger partial charge in [0.15, 0.2) is 0 Å². The Bertz CT molecular complexity index is 489. The van der Waals surface area contributed by atoms with E-state index in [1.165, 1.54) is 6.20 Å². The Morgan fingerprint density at radius 1 is 1.56 bits per heavy atom. The molecule has 1 unspecified atom stereocenters. The van der Waals surface area contributed by atoms with Gasteiger partial charge in [0.1, 0.15) is 0 Å². The van der Waals surface area contributed by atoms with Gasteiger partial charge in [0.05, 0.1) is 23.9 Å². The first kappa shape index (κ1) is 14.1. The zero-order chi connectivity index (χ0) is 13.5. The number of carbonyl (C=O) groups excluding carboxylic acids is 1. The van der Waals surface area contributed by atoms with E-state index in [1.807, 2.05) is 6.92 Å². The third-order valence-corrected chi connectivity index (χ3v) is 2.28. The summed E-state index contributed by atoms with van der Waals surface area (Å²) in [6, 6.07) is -0.182. The fraction of sp³-hybridized carbons (Fsp3) is 0.462. The Hall–Kier alpha value is -1.93. The first-order chi connectivity index (χ1) is 8.58. The predicted molar refractivity (Wildman–Crippen MR) is 67.9 cm³/mol. The van der Waals surface area contributed by atoms with E-state index < -0.39 is 5.97 Å². The molecule has 0 saturated heterocycles. The third kappa shape index (κ3) is 3.82. The van der Waals surface area contributed by atoms with Crippen molar-refractivity contribution in [2.75, 3.05) is 6.61 Å². The van der Waals surface area contributed by atoms with E-state index in [2.05, 4.69) is 21.8 Å². The molecule has 1 rings (SSSR count). The summed E-state index contributed by atoms with van der Waals surface area (Å²) >= 11 is 0. The smallest absolute Gasteiger partial charge is 0.341 e. The van der Waals surface area contributed by atoms with Gasteiger partial charge >= 0.3 is 5.97 Å². The molecule has 18 heavy (non-hydrogen) atoms. The number of nitrogens with zero attached hydrogens (tertiary/aromatic N) is 2. The van der Waals surface area contributed by atoms with Crippen LogP contribution in [0.5, 0.6) is 0 Å². The number of aryl methyl sites for hydroxylation is 1. The van der Waals surface area contributed by atoms with E-state index in [0.29, 0.717) is 23.7 Å². The molecule has 1 aromatic rings. The number of hydrogen-bond donors (Lipinski definition) is 1. The van der Waals surface area contributed by atoms with Crippen molar-refractivity contribution in [3.8, 4) is 11.8 Å². The Morgan fingerprint density at radius 3 is 2.83 bits per heavy atom. The molecule has 0 aliphatic rings. The van der Waals surface area contributed by atoms with Crippen molar-refractivity contribution in [3.63, 3.8) is 0 Å². The van der Waals surface area contributed by atoms with Crippen LogP contribution in [0.3, 0.4) is 0 Å². The van der Waals surface area contributed by atoms with E-state index in [4.69, 9.17) is 10.5 Å². The molecule has 1 atom stereocenters. The molecule has 0 aromatic carbocycles. The minimum Gasteiger partial charge on any atom is -0.462 e. The average molecular weight is 247 g/mol. The maximum absolute atomic E-state index is 11.5. The summed E-state index contributed by atoms with van der Waals surface area (Å²) in [5.74, 6) is 5.57. The van der Waals surface area contributed by atoms with E-state index in [0.717, 1.165) is 6.42 Å². The van der Waals surface area contributed by atoms with Crippen molar-refractivity contribution >= 4 is 5.97 Å². The van der Waals surface area contributed by atoms with Crippen LogP contribution >= 0.6 is 0 Å². The van der Waals surface area contributed by atoms with Gasteiger partial charge in [0.25, 0.3) is 0 Å². The van der Waals surface area contributed by atoms with Gasteiger partial charge in [-0.05, 0) is 26.2 Å². The van der Waals surface area contributed by atoms with E-state index in [1.54, 1.807) is 13.8 Å². The van der Waals surface area contributed by atoms with Gasteiger partial charge in [-0.3, -0.25) is 0 Å². The molecule has 0 fully saturated rings. The van der Waals surface area contributed by atoms with Crippen LogP contribution < -0.4 is 5.73 Å². The van der Waals surface area contributed by atoms with Crippen LogP contribution in [0.1, 0.15) is 42.1 Å². The molecule has 5 nitrogen and oxygen atoms in total. The molecule has 0 aliphatic heterocycles. The number of hydrogen-bond acceptors (Lipinski definition) is 5. The molecule has 1 aromatic heterocycles. The largest absolute Gasteiger partial charge is 0.462 e.